The SMILES string of the molecule is NC(=O)C(=Cc1ccc(C(F)(F)F)cc1)Cc1ccncc1. The summed E-state index contributed by atoms with van der Waals surface area (Å²) in [6.07, 6.45) is 0.575. The first-order chi connectivity index (χ1) is 10.4. The molecule has 0 unspecified atom stereocenters. The zero-order chi connectivity index (χ0) is 16.2. The summed E-state index contributed by atoms with van der Waals surface area (Å²) in [4.78, 5) is 15.4. The second-order valence-electron chi connectivity index (χ2n) is 4.69. The summed E-state index contributed by atoms with van der Waals surface area (Å²) in [6.45, 7) is 0. The van der Waals surface area contributed by atoms with Crippen LogP contribution in [0.25, 0.3) is 6.08 Å². The molecule has 0 spiro atoms. The number of carbonyl (C=O) groups excluding carboxylic acids is 1. The third-order valence-electron chi connectivity index (χ3n) is 3.04. The first-order valence-corrected chi connectivity index (χ1v) is 6.43. The third-order valence-corrected chi connectivity index (χ3v) is 3.04. The molecule has 0 bridgehead atoms. The highest BCUT2D eigenvalue weighted by atomic mass is 19.4. The molecule has 0 aliphatic rings. The molecule has 2 N–H and O–H groups in total. The maximum atomic E-state index is 12.5. The third kappa shape index (κ3) is 4.18. The Kier molecular flexibility index (Phi) is 4.60. The van der Waals surface area contributed by atoms with Gasteiger partial charge in [0.1, 0.15) is 0 Å². The number of alkyl halides is 3. The number of primary amides is 1. The number of hydrogen-bond donors (Lipinski definition) is 1. The molecule has 6 heteroatoms. The fourth-order valence-corrected chi connectivity index (χ4v) is 1.90. The minimum Gasteiger partial charge on any atom is -0.366 e. The lowest BCUT2D eigenvalue weighted by Gasteiger charge is -2.07. The summed E-state index contributed by atoms with van der Waals surface area (Å²) in [5.74, 6) is -0.614. The van der Waals surface area contributed by atoms with Gasteiger partial charge >= 0.3 is 6.18 Å². The second-order valence-corrected chi connectivity index (χ2v) is 4.69. The van der Waals surface area contributed by atoms with Gasteiger partial charge in [-0.05, 0) is 41.5 Å². The zero-order valence-corrected chi connectivity index (χ0v) is 11.5. The van der Waals surface area contributed by atoms with Crippen LogP contribution in [0.5, 0.6) is 0 Å². The number of rotatable bonds is 4. The van der Waals surface area contributed by atoms with Crippen LogP contribution in [0.15, 0.2) is 54.4 Å². The van der Waals surface area contributed by atoms with Crippen molar-refractivity contribution in [3.8, 4) is 0 Å². The molecule has 1 heterocycles. The van der Waals surface area contributed by atoms with Crippen LogP contribution in [0.2, 0.25) is 0 Å². The molecule has 1 aromatic carbocycles. The summed E-state index contributed by atoms with van der Waals surface area (Å²) in [6, 6.07) is 8.03. The van der Waals surface area contributed by atoms with E-state index in [4.69, 9.17) is 5.73 Å². The minimum atomic E-state index is -4.38. The van der Waals surface area contributed by atoms with Gasteiger partial charge in [0.25, 0.3) is 0 Å². The maximum Gasteiger partial charge on any atom is 0.416 e. The highest BCUT2D eigenvalue weighted by molar-refractivity contribution is 5.97. The van der Waals surface area contributed by atoms with Crippen molar-refractivity contribution in [3.05, 3.63) is 71.1 Å². The summed E-state index contributed by atoms with van der Waals surface area (Å²) < 4.78 is 37.5. The van der Waals surface area contributed by atoms with Crippen LogP contribution in [-0.4, -0.2) is 10.9 Å². The van der Waals surface area contributed by atoms with E-state index in [1.54, 1.807) is 24.5 Å². The van der Waals surface area contributed by atoms with Crippen molar-refractivity contribution in [2.24, 2.45) is 5.73 Å². The van der Waals surface area contributed by atoms with Crippen LogP contribution in [0.4, 0.5) is 13.2 Å². The number of nitrogens with zero attached hydrogens (tertiary/aromatic N) is 1. The number of nitrogens with two attached hydrogens (primary N) is 1. The lowest BCUT2D eigenvalue weighted by molar-refractivity contribution is -0.137. The van der Waals surface area contributed by atoms with Crippen molar-refractivity contribution in [2.45, 2.75) is 12.6 Å². The predicted molar refractivity (Wildman–Crippen MR) is 76.6 cm³/mol. The Morgan fingerprint density at radius 2 is 1.68 bits per heavy atom. The van der Waals surface area contributed by atoms with E-state index >= 15 is 0 Å². The van der Waals surface area contributed by atoms with Crippen LogP contribution in [0.1, 0.15) is 16.7 Å². The van der Waals surface area contributed by atoms with E-state index in [9.17, 15) is 18.0 Å². The van der Waals surface area contributed by atoms with Gasteiger partial charge in [0.2, 0.25) is 5.91 Å². The molecule has 114 valence electrons. The smallest absolute Gasteiger partial charge is 0.366 e. The van der Waals surface area contributed by atoms with Gasteiger partial charge in [0, 0.05) is 24.4 Å². The number of halogens is 3. The van der Waals surface area contributed by atoms with E-state index in [0.29, 0.717) is 17.6 Å². The molecular weight excluding hydrogens is 293 g/mol. The highest BCUT2D eigenvalue weighted by Crippen LogP contribution is 2.29. The normalized spacial score (nSPS) is 12.2. The maximum absolute atomic E-state index is 12.5. The highest BCUT2D eigenvalue weighted by Gasteiger charge is 2.29. The average molecular weight is 306 g/mol. The Morgan fingerprint density at radius 1 is 1.09 bits per heavy atom. The number of aromatic nitrogens is 1. The topological polar surface area (TPSA) is 56.0 Å². The van der Waals surface area contributed by atoms with Crippen LogP contribution < -0.4 is 5.73 Å². The van der Waals surface area contributed by atoms with Gasteiger partial charge in [-0.25, -0.2) is 0 Å². The lowest BCUT2D eigenvalue weighted by atomic mass is 10.0. The van der Waals surface area contributed by atoms with Gasteiger partial charge in [-0.3, -0.25) is 9.78 Å². The van der Waals surface area contributed by atoms with Gasteiger partial charge in [-0.1, -0.05) is 12.1 Å². The van der Waals surface area contributed by atoms with Gasteiger partial charge in [-0.15, -0.1) is 0 Å². The first-order valence-electron chi connectivity index (χ1n) is 6.43. The standard InChI is InChI=1S/C16H13F3N2O/c17-16(18,19)14-3-1-11(2-4-14)9-13(15(20)22)10-12-5-7-21-8-6-12/h1-9H,10H2,(H2,20,22). The molecule has 0 fully saturated rings. The van der Waals surface area contributed by atoms with Crippen LogP contribution in [0.3, 0.4) is 0 Å². The number of pyridine rings is 1. The summed E-state index contributed by atoms with van der Waals surface area (Å²) >= 11 is 0. The number of benzene rings is 1. The van der Waals surface area contributed by atoms with Crippen molar-refractivity contribution in [2.75, 3.05) is 0 Å². The van der Waals surface area contributed by atoms with Crippen molar-refractivity contribution in [1.29, 1.82) is 0 Å². The van der Waals surface area contributed by atoms with E-state index in [2.05, 4.69) is 4.98 Å². The number of hydrogen-bond acceptors (Lipinski definition) is 2. The van der Waals surface area contributed by atoms with Gasteiger partial charge in [0.05, 0.1) is 5.56 Å². The molecular formula is C16H13F3N2O. The van der Waals surface area contributed by atoms with Gasteiger partial charge in [-0.2, -0.15) is 13.2 Å². The Labute approximate surface area is 125 Å². The number of carbonyl (C=O) groups is 1. The predicted octanol–water partition coefficient (Wildman–Crippen LogP) is 3.21. The molecule has 0 radical (unpaired) electrons. The van der Waals surface area contributed by atoms with Crippen LogP contribution in [-0.2, 0) is 17.4 Å². The molecule has 0 saturated heterocycles. The first kappa shape index (κ1) is 15.8. The van der Waals surface area contributed by atoms with Crippen molar-refractivity contribution in [1.82, 2.24) is 4.98 Å². The fourth-order valence-electron chi connectivity index (χ4n) is 1.90. The largest absolute Gasteiger partial charge is 0.416 e. The Balaban J connectivity index is 2.25. The molecule has 22 heavy (non-hydrogen) atoms. The number of amides is 1. The quantitative estimate of drug-likeness (QED) is 0.882. The van der Waals surface area contributed by atoms with E-state index in [-0.39, 0.29) is 0 Å². The van der Waals surface area contributed by atoms with Crippen LogP contribution in [0, 0.1) is 0 Å². The molecule has 0 aliphatic carbocycles. The monoisotopic (exact) mass is 306 g/mol. The summed E-state index contributed by atoms with van der Waals surface area (Å²) in [5.41, 5.74) is 6.23. The van der Waals surface area contributed by atoms with Crippen LogP contribution >= 0.6 is 0 Å². The Morgan fingerprint density at radius 3 is 2.18 bits per heavy atom. The van der Waals surface area contributed by atoms with Crippen molar-refractivity contribution in [3.63, 3.8) is 0 Å². The fraction of sp³-hybridized carbons (Fsp3) is 0.125. The molecule has 3 nitrogen and oxygen atoms in total. The van der Waals surface area contributed by atoms with E-state index < -0.39 is 17.6 Å². The van der Waals surface area contributed by atoms with E-state index in [1.807, 2.05) is 0 Å². The lowest BCUT2D eigenvalue weighted by Crippen LogP contribution is -2.15. The minimum absolute atomic E-state index is 0.291. The van der Waals surface area contributed by atoms with Gasteiger partial charge < -0.3 is 5.73 Å². The Bertz CT molecular complexity index is 677. The zero-order valence-electron chi connectivity index (χ0n) is 11.5. The molecule has 0 aliphatic heterocycles. The van der Waals surface area contributed by atoms with Gasteiger partial charge in [0.15, 0.2) is 0 Å². The molecule has 0 saturated carbocycles. The molecule has 2 rings (SSSR count). The average Bonchev–Trinajstić information content (AvgIpc) is 2.47. The summed E-state index contributed by atoms with van der Waals surface area (Å²) in [7, 11) is 0. The van der Waals surface area contributed by atoms with Crippen molar-refractivity contribution < 1.29 is 18.0 Å². The molecule has 1 amide bonds. The second kappa shape index (κ2) is 6.43. The van der Waals surface area contributed by atoms with E-state index in [1.165, 1.54) is 18.2 Å². The molecule has 2 aromatic rings. The van der Waals surface area contributed by atoms with E-state index in [0.717, 1.165) is 17.7 Å². The molecule has 1 aromatic heterocycles. The Hall–Kier alpha value is -2.63. The summed E-state index contributed by atoms with van der Waals surface area (Å²) in [5, 5.41) is 0. The molecule has 0 atom stereocenters. The van der Waals surface area contributed by atoms with Crippen molar-refractivity contribution >= 4 is 12.0 Å².